The van der Waals surface area contributed by atoms with Crippen LogP contribution in [0.4, 0.5) is 0 Å². The van der Waals surface area contributed by atoms with E-state index < -0.39 is 17.5 Å². The largest absolute Gasteiger partial charge is 0.493 e. The van der Waals surface area contributed by atoms with Gasteiger partial charge in [-0.15, -0.1) is 0 Å². The average molecular weight is 363 g/mol. The maximum absolute atomic E-state index is 13.5. The molecule has 0 spiro atoms. The molecule has 1 atom stereocenters. The Morgan fingerprint density at radius 3 is 2.50 bits per heavy atom. The number of carboxylic acids is 1. The third-order valence-corrected chi connectivity index (χ3v) is 5.43. The minimum absolute atomic E-state index is 0.0169. The number of nitrogens with zero attached hydrogens (tertiary/aromatic N) is 1. The second-order valence-electron chi connectivity index (χ2n) is 6.81. The number of hydrogen-bond acceptors (Lipinski definition) is 5. The molecule has 2 fully saturated rings. The third-order valence-electron chi connectivity index (χ3n) is 5.43. The van der Waals surface area contributed by atoms with Crippen molar-refractivity contribution in [3.63, 3.8) is 0 Å². The summed E-state index contributed by atoms with van der Waals surface area (Å²) in [6.07, 6.45) is 2.46. The van der Waals surface area contributed by atoms with Crippen molar-refractivity contribution in [3.8, 4) is 11.5 Å². The fraction of sp³-hybridized carbons (Fsp3) is 0.579. The summed E-state index contributed by atoms with van der Waals surface area (Å²) < 4.78 is 16.0. The van der Waals surface area contributed by atoms with Crippen LogP contribution in [0.3, 0.4) is 0 Å². The van der Waals surface area contributed by atoms with Gasteiger partial charge in [-0.05, 0) is 30.5 Å². The molecule has 1 aromatic rings. The number of benzene rings is 1. The van der Waals surface area contributed by atoms with E-state index in [1.165, 1.54) is 0 Å². The number of methoxy groups -OCH3 is 2. The van der Waals surface area contributed by atoms with Crippen LogP contribution in [0.5, 0.6) is 11.5 Å². The molecule has 1 aliphatic carbocycles. The van der Waals surface area contributed by atoms with Gasteiger partial charge in [0, 0.05) is 6.54 Å². The summed E-state index contributed by atoms with van der Waals surface area (Å²) in [6, 6.07) is 5.61. The van der Waals surface area contributed by atoms with Gasteiger partial charge in [-0.25, -0.2) is 4.79 Å². The summed E-state index contributed by atoms with van der Waals surface area (Å²) in [5.74, 6) is 0.162. The van der Waals surface area contributed by atoms with Crippen LogP contribution >= 0.6 is 0 Å². The quantitative estimate of drug-likeness (QED) is 0.859. The van der Waals surface area contributed by atoms with Gasteiger partial charge in [0.25, 0.3) is 0 Å². The Morgan fingerprint density at radius 1 is 1.19 bits per heavy atom. The van der Waals surface area contributed by atoms with Crippen LogP contribution in [0.25, 0.3) is 0 Å². The highest BCUT2D eigenvalue weighted by molar-refractivity contribution is 5.89. The number of amides is 1. The minimum atomic E-state index is -1.03. The summed E-state index contributed by atoms with van der Waals surface area (Å²) in [6.45, 7) is 0.742. The van der Waals surface area contributed by atoms with Gasteiger partial charge in [-0.2, -0.15) is 0 Å². The summed E-state index contributed by atoms with van der Waals surface area (Å²) in [7, 11) is 3.15. The van der Waals surface area contributed by atoms with Crippen molar-refractivity contribution in [2.24, 2.45) is 0 Å². The molecule has 3 rings (SSSR count). The summed E-state index contributed by atoms with van der Waals surface area (Å²) >= 11 is 0. The molecule has 26 heavy (non-hydrogen) atoms. The Bertz CT molecular complexity index is 683. The summed E-state index contributed by atoms with van der Waals surface area (Å²) in [5, 5.41) is 9.22. The van der Waals surface area contributed by atoms with E-state index in [4.69, 9.17) is 14.2 Å². The van der Waals surface area contributed by atoms with E-state index in [9.17, 15) is 14.7 Å². The predicted octanol–water partition coefficient (Wildman–Crippen LogP) is 1.83. The molecule has 0 aromatic heterocycles. The lowest BCUT2D eigenvalue weighted by Gasteiger charge is -2.38. The molecule has 7 heteroatoms. The maximum Gasteiger partial charge on any atom is 0.334 e. The van der Waals surface area contributed by atoms with E-state index in [0.29, 0.717) is 18.0 Å². The van der Waals surface area contributed by atoms with Crippen molar-refractivity contribution in [1.82, 2.24) is 4.90 Å². The molecule has 7 nitrogen and oxygen atoms in total. The van der Waals surface area contributed by atoms with Gasteiger partial charge >= 0.3 is 5.97 Å². The van der Waals surface area contributed by atoms with Crippen LogP contribution in [-0.2, 0) is 19.7 Å². The van der Waals surface area contributed by atoms with Crippen molar-refractivity contribution in [3.05, 3.63) is 23.8 Å². The topological polar surface area (TPSA) is 85.3 Å². The van der Waals surface area contributed by atoms with Gasteiger partial charge in [0.15, 0.2) is 17.6 Å². The zero-order chi connectivity index (χ0) is 18.7. The third kappa shape index (κ3) is 3.23. The predicted molar refractivity (Wildman–Crippen MR) is 93.6 cm³/mol. The number of rotatable bonds is 5. The van der Waals surface area contributed by atoms with E-state index in [-0.39, 0.29) is 19.1 Å². The van der Waals surface area contributed by atoms with Crippen molar-refractivity contribution < 1.29 is 28.9 Å². The molecule has 1 unspecified atom stereocenters. The maximum atomic E-state index is 13.5. The van der Waals surface area contributed by atoms with Gasteiger partial charge in [-0.3, -0.25) is 4.79 Å². The van der Waals surface area contributed by atoms with Crippen molar-refractivity contribution in [2.45, 2.75) is 37.2 Å². The first kappa shape index (κ1) is 18.5. The number of hydrogen-bond donors (Lipinski definition) is 1. The molecule has 1 aromatic carbocycles. The van der Waals surface area contributed by atoms with Crippen LogP contribution in [-0.4, -0.2) is 61.9 Å². The molecule has 1 aliphatic heterocycles. The molecule has 1 amide bonds. The van der Waals surface area contributed by atoms with Gasteiger partial charge in [0.05, 0.1) is 32.8 Å². The number of carboxylic acid groups (broad SMARTS) is 1. The molecule has 142 valence electrons. The Morgan fingerprint density at radius 2 is 1.88 bits per heavy atom. The van der Waals surface area contributed by atoms with Gasteiger partial charge in [0.2, 0.25) is 5.91 Å². The van der Waals surface area contributed by atoms with Gasteiger partial charge in [0.1, 0.15) is 0 Å². The molecule has 1 N–H and O–H groups in total. The van der Waals surface area contributed by atoms with Crippen LogP contribution in [0.15, 0.2) is 18.2 Å². The number of carbonyl (C=O) groups is 2. The number of morpholine rings is 1. The van der Waals surface area contributed by atoms with Gasteiger partial charge < -0.3 is 24.2 Å². The Kier molecular flexibility index (Phi) is 5.36. The zero-order valence-electron chi connectivity index (χ0n) is 15.2. The first-order valence-electron chi connectivity index (χ1n) is 8.88. The highest BCUT2D eigenvalue weighted by atomic mass is 16.5. The van der Waals surface area contributed by atoms with Crippen LogP contribution in [0.1, 0.15) is 31.2 Å². The molecule has 1 heterocycles. The molecule has 0 bridgehead atoms. The van der Waals surface area contributed by atoms with E-state index in [1.54, 1.807) is 19.1 Å². The van der Waals surface area contributed by atoms with Crippen molar-refractivity contribution >= 4 is 11.9 Å². The highest BCUT2D eigenvalue weighted by Crippen LogP contribution is 2.45. The fourth-order valence-electron chi connectivity index (χ4n) is 4.02. The lowest BCUT2D eigenvalue weighted by atomic mass is 9.77. The molecule has 0 radical (unpaired) electrons. The van der Waals surface area contributed by atoms with Gasteiger partial charge in [-0.1, -0.05) is 18.9 Å². The first-order chi connectivity index (χ1) is 12.5. The molecule has 1 saturated heterocycles. The molecule has 1 saturated carbocycles. The lowest BCUT2D eigenvalue weighted by molar-refractivity contribution is -0.161. The number of ether oxygens (including phenoxy) is 3. The second-order valence-corrected chi connectivity index (χ2v) is 6.81. The average Bonchev–Trinajstić information content (AvgIpc) is 3.18. The molecule has 2 aliphatic rings. The monoisotopic (exact) mass is 363 g/mol. The Hall–Kier alpha value is -2.28. The second kappa shape index (κ2) is 7.53. The molecular formula is C19H25NO6. The Labute approximate surface area is 152 Å². The van der Waals surface area contributed by atoms with E-state index in [1.807, 2.05) is 18.2 Å². The minimum Gasteiger partial charge on any atom is -0.493 e. The highest BCUT2D eigenvalue weighted by Gasteiger charge is 2.46. The van der Waals surface area contributed by atoms with Crippen LogP contribution < -0.4 is 9.47 Å². The summed E-state index contributed by atoms with van der Waals surface area (Å²) in [4.78, 5) is 26.3. The van der Waals surface area contributed by atoms with Crippen LogP contribution in [0.2, 0.25) is 0 Å². The van der Waals surface area contributed by atoms with Crippen molar-refractivity contribution in [2.75, 3.05) is 33.9 Å². The van der Waals surface area contributed by atoms with Crippen molar-refractivity contribution in [1.29, 1.82) is 0 Å². The van der Waals surface area contributed by atoms with Crippen LogP contribution in [0, 0.1) is 0 Å². The number of aliphatic carboxylic acids is 1. The smallest absolute Gasteiger partial charge is 0.334 e. The summed E-state index contributed by atoms with van der Waals surface area (Å²) in [5.41, 5.74) is 0.260. The van der Waals surface area contributed by atoms with E-state index in [0.717, 1.165) is 31.2 Å². The normalized spacial score (nSPS) is 22.1. The Balaban J connectivity index is 1.93. The number of carbonyl (C=O) groups excluding carboxylic acids is 1. The fourth-order valence-corrected chi connectivity index (χ4v) is 4.02. The van der Waals surface area contributed by atoms with E-state index in [2.05, 4.69) is 0 Å². The zero-order valence-corrected chi connectivity index (χ0v) is 15.2. The first-order valence-corrected chi connectivity index (χ1v) is 8.88. The molecular weight excluding hydrogens is 338 g/mol. The standard InChI is InChI=1S/C19H25NO6/c1-24-14-6-5-13(11-15(14)25-2)19(7-3-4-8-19)18(23)20-9-10-26-16(12-20)17(21)22/h5-6,11,16H,3-4,7-10,12H2,1-2H3,(H,21,22). The van der Waals surface area contributed by atoms with E-state index >= 15 is 0 Å². The SMILES string of the molecule is COc1ccc(C2(C(=O)N3CCOC(C(=O)O)C3)CCCC2)cc1OC. The lowest BCUT2D eigenvalue weighted by Crippen LogP contribution is -2.54.